The molecular formula is C25H25F3N6O3. The highest BCUT2D eigenvalue weighted by Gasteiger charge is 2.39. The van der Waals surface area contributed by atoms with E-state index in [0.717, 1.165) is 29.2 Å². The maximum atomic E-state index is 14.5. The van der Waals surface area contributed by atoms with Gasteiger partial charge in [0.25, 0.3) is 0 Å². The first kappa shape index (κ1) is 24.8. The van der Waals surface area contributed by atoms with Crippen molar-refractivity contribution in [3.8, 4) is 11.6 Å². The smallest absolute Gasteiger partial charge is 0.341 e. The normalized spacial score (nSPS) is 17.4. The number of likely N-dealkylation sites (tertiary alicyclic amines) is 1. The van der Waals surface area contributed by atoms with Gasteiger partial charge in [-0.2, -0.15) is 10.2 Å². The van der Waals surface area contributed by atoms with E-state index in [4.69, 9.17) is 9.47 Å². The molecule has 2 amide bonds. The Morgan fingerprint density at radius 1 is 1.11 bits per heavy atom. The maximum Gasteiger partial charge on any atom is 0.341 e. The van der Waals surface area contributed by atoms with Gasteiger partial charge in [-0.25, -0.2) is 32.6 Å². The second-order valence-corrected chi connectivity index (χ2v) is 8.99. The summed E-state index contributed by atoms with van der Waals surface area (Å²) in [6.07, 6.45) is 2.49. The summed E-state index contributed by atoms with van der Waals surface area (Å²) in [5.74, 6) is -1.69. The van der Waals surface area contributed by atoms with Gasteiger partial charge in [0.2, 0.25) is 0 Å². The minimum absolute atomic E-state index is 0.00440. The lowest BCUT2D eigenvalue weighted by Crippen LogP contribution is -2.58. The van der Waals surface area contributed by atoms with Crippen LogP contribution in [-0.2, 0) is 11.3 Å². The average molecular weight is 515 g/mol. The number of hydrazone groups is 1. The van der Waals surface area contributed by atoms with Crippen LogP contribution < -0.4 is 4.74 Å². The predicted octanol–water partition coefficient (Wildman–Crippen LogP) is 4.06. The highest BCUT2D eigenvalue weighted by molar-refractivity contribution is 5.79. The number of carbonyl (C=O) groups is 1. The number of pyridine rings is 1. The number of nitrogens with zero attached hydrogens (tertiary/aromatic N) is 6. The summed E-state index contributed by atoms with van der Waals surface area (Å²) in [7, 11) is 1.60. The van der Waals surface area contributed by atoms with Crippen LogP contribution in [0.5, 0.6) is 5.75 Å². The highest BCUT2D eigenvalue weighted by Crippen LogP contribution is 2.32. The van der Waals surface area contributed by atoms with E-state index >= 15 is 0 Å². The summed E-state index contributed by atoms with van der Waals surface area (Å²) in [5.41, 5.74) is 2.85. The predicted molar refractivity (Wildman–Crippen MR) is 127 cm³/mol. The number of halogens is 3. The molecular weight excluding hydrogens is 489 g/mol. The molecule has 2 aliphatic rings. The number of urea groups is 1. The summed E-state index contributed by atoms with van der Waals surface area (Å²) in [4.78, 5) is 18.6. The number of aryl methyl sites for hydroxylation is 1. The molecule has 0 N–H and O–H groups in total. The Labute approximate surface area is 211 Å². The molecule has 194 valence electrons. The van der Waals surface area contributed by atoms with Gasteiger partial charge in [-0.15, -0.1) is 0 Å². The van der Waals surface area contributed by atoms with E-state index in [0.29, 0.717) is 24.4 Å². The highest BCUT2D eigenvalue weighted by atomic mass is 19.1. The molecule has 1 atom stereocenters. The van der Waals surface area contributed by atoms with E-state index in [1.807, 2.05) is 13.8 Å². The Kier molecular flexibility index (Phi) is 6.59. The summed E-state index contributed by atoms with van der Waals surface area (Å²) in [6, 6.07) is 3.59. The van der Waals surface area contributed by atoms with Crippen molar-refractivity contribution in [3.63, 3.8) is 0 Å². The first-order valence-corrected chi connectivity index (χ1v) is 11.7. The van der Waals surface area contributed by atoms with Crippen LogP contribution in [0, 0.1) is 31.3 Å². The van der Waals surface area contributed by atoms with E-state index in [-0.39, 0.29) is 18.8 Å². The number of benzene rings is 1. The first-order valence-electron chi connectivity index (χ1n) is 11.7. The second kappa shape index (κ2) is 9.85. The molecule has 1 fully saturated rings. The van der Waals surface area contributed by atoms with Crippen LogP contribution in [0.1, 0.15) is 35.0 Å². The number of ether oxygens (including phenoxy) is 2. The van der Waals surface area contributed by atoms with Crippen molar-refractivity contribution in [2.24, 2.45) is 5.10 Å². The molecule has 2 aromatic heterocycles. The number of aromatic nitrogens is 3. The second-order valence-electron chi connectivity index (χ2n) is 8.99. The van der Waals surface area contributed by atoms with Gasteiger partial charge in [-0.3, -0.25) is 0 Å². The zero-order chi connectivity index (χ0) is 26.3. The molecule has 0 bridgehead atoms. The SMILES string of the molecule is COCc1c(C)nn(-c2cc(OC3CN(C(=O)N4N=CCC4c4cc(F)cc(F)c4)C3)c(F)cn2)c1C. The van der Waals surface area contributed by atoms with Gasteiger partial charge in [0.1, 0.15) is 17.7 Å². The van der Waals surface area contributed by atoms with E-state index in [1.165, 1.54) is 34.3 Å². The fourth-order valence-electron chi connectivity index (χ4n) is 4.50. The third-order valence-electron chi connectivity index (χ3n) is 6.46. The molecule has 1 unspecified atom stereocenters. The quantitative estimate of drug-likeness (QED) is 0.495. The first-order chi connectivity index (χ1) is 17.7. The molecule has 2 aliphatic heterocycles. The lowest BCUT2D eigenvalue weighted by atomic mass is 10.0. The van der Waals surface area contributed by atoms with Crippen molar-refractivity contribution in [2.75, 3.05) is 20.2 Å². The lowest BCUT2D eigenvalue weighted by Gasteiger charge is -2.41. The van der Waals surface area contributed by atoms with Crippen molar-refractivity contribution in [1.29, 1.82) is 0 Å². The summed E-state index contributed by atoms with van der Waals surface area (Å²) < 4.78 is 54.6. The monoisotopic (exact) mass is 514 g/mol. The Bertz CT molecular complexity index is 1350. The maximum absolute atomic E-state index is 14.5. The number of hydrogen-bond donors (Lipinski definition) is 0. The molecule has 1 saturated heterocycles. The van der Waals surface area contributed by atoms with Crippen molar-refractivity contribution >= 4 is 12.2 Å². The van der Waals surface area contributed by atoms with Gasteiger partial charge in [0.05, 0.1) is 37.6 Å². The number of hydrogen-bond acceptors (Lipinski definition) is 6. The van der Waals surface area contributed by atoms with E-state index < -0.39 is 35.6 Å². The minimum Gasteiger partial charge on any atom is -0.483 e. The van der Waals surface area contributed by atoms with Gasteiger partial charge >= 0.3 is 6.03 Å². The Hall–Kier alpha value is -3.93. The van der Waals surface area contributed by atoms with Gasteiger partial charge in [-0.1, -0.05) is 0 Å². The fourth-order valence-corrected chi connectivity index (χ4v) is 4.50. The molecule has 0 aliphatic carbocycles. The van der Waals surface area contributed by atoms with Crippen molar-refractivity contribution in [1.82, 2.24) is 24.7 Å². The molecule has 37 heavy (non-hydrogen) atoms. The zero-order valence-electron chi connectivity index (χ0n) is 20.5. The molecule has 12 heteroatoms. The molecule has 3 aromatic rings. The zero-order valence-corrected chi connectivity index (χ0v) is 20.5. The standard InChI is InChI=1S/C25H25F3N6O3/c1-14-20(13-36-3)15(2)33(31-14)24-9-23(21(28)10-29-24)37-19-11-32(12-19)25(35)34-22(4-5-30-34)16-6-17(26)8-18(27)7-16/h5-10,19,22H,4,11-13H2,1-3H3. The Morgan fingerprint density at radius 2 is 1.84 bits per heavy atom. The van der Waals surface area contributed by atoms with E-state index in [2.05, 4.69) is 15.2 Å². The Morgan fingerprint density at radius 3 is 2.54 bits per heavy atom. The fraction of sp³-hybridized carbons (Fsp3) is 0.360. The minimum atomic E-state index is -0.721. The number of rotatable bonds is 6. The summed E-state index contributed by atoms with van der Waals surface area (Å²) >= 11 is 0. The van der Waals surface area contributed by atoms with E-state index in [1.54, 1.807) is 11.8 Å². The molecule has 0 radical (unpaired) electrons. The van der Waals surface area contributed by atoms with Crippen LogP contribution in [-0.4, -0.2) is 63.2 Å². The number of amides is 2. The number of methoxy groups -OCH3 is 1. The summed E-state index contributed by atoms with van der Waals surface area (Å²) in [5, 5.41) is 9.79. The third-order valence-corrected chi connectivity index (χ3v) is 6.46. The molecule has 5 rings (SSSR count). The summed E-state index contributed by atoms with van der Waals surface area (Å²) in [6.45, 7) is 4.53. The van der Waals surface area contributed by atoms with E-state index in [9.17, 15) is 18.0 Å². The molecule has 0 spiro atoms. The van der Waals surface area contributed by atoms with Gasteiger partial charge < -0.3 is 14.4 Å². The van der Waals surface area contributed by atoms with Gasteiger partial charge in [0.15, 0.2) is 17.4 Å². The van der Waals surface area contributed by atoms with Crippen molar-refractivity contribution < 1.29 is 27.4 Å². The molecule has 4 heterocycles. The van der Waals surface area contributed by atoms with Gasteiger partial charge in [-0.05, 0) is 31.5 Å². The lowest BCUT2D eigenvalue weighted by molar-refractivity contribution is 0.0256. The van der Waals surface area contributed by atoms with Crippen molar-refractivity contribution in [3.05, 3.63) is 70.4 Å². The van der Waals surface area contributed by atoms with Crippen molar-refractivity contribution in [2.45, 2.75) is 39.0 Å². The molecule has 0 saturated carbocycles. The molecule has 1 aromatic carbocycles. The van der Waals surface area contributed by atoms with Crippen LogP contribution in [0.15, 0.2) is 35.6 Å². The Balaban J connectivity index is 1.25. The molecule has 9 nitrogen and oxygen atoms in total. The van der Waals surface area contributed by atoms with Gasteiger partial charge in [0, 0.05) is 43.1 Å². The topological polar surface area (TPSA) is 85.1 Å². The van der Waals surface area contributed by atoms with Crippen LogP contribution in [0.25, 0.3) is 5.82 Å². The van der Waals surface area contributed by atoms with Crippen LogP contribution in [0.4, 0.5) is 18.0 Å². The number of carbonyl (C=O) groups excluding carboxylic acids is 1. The largest absolute Gasteiger partial charge is 0.483 e. The van der Waals surface area contributed by atoms with Crippen LogP contribution in [0.2, 0.25) is 0 Å². The third kappa shape index (κ3) is 4.76. The average Bonchev–Trinajstić information content (AvgIpc) is 3.42. The van der Waals surface area contributed by atoms with Crippen LogP contribution >= 0.6 is 0 Å². The van der Waals surface area contributed by atoms with Crippen LogP contribution in [0.3, 0.4) is 0 Å².